The van der Waals surface area contributed by atoms with Crippen LogP contribution in [0.25, 0.3) is 0 Å². The van der Waals surface area contributed by atoms with Crippen molar-refractivity contribution in [1.82, 2.24) is 4.90 Å². The third-order valence-electron chi connectivity index (χ3n) is 6.31. The number of benzene rings is 2. The lowest BCUT2D eigenvalue weighted by atomic mass is 10.1. The highest BCUT2D eigenvalue weighted by molar-refractivity contribution is 7.98. The van der Waals surface area contributed by atoms with Gasteiger partial charge in [-0.25, -0.2) is 0 Å². The Bertz CT molecular complexity index is 1050. The fraction of sp³-hybridized carbons (Fsp3) is 0.417. The maximum atomic E-state index is 13.9. The molecule has 2 aromatic rings. The lowest BCUT2D eigenvalue weighted by Crippen LogP contribution is -2.44. The average Bonchev–Trinajstić information content (AvgIpc) is 3.21. The first-order valence-electron chi connectivity index (χ1n) is 11.1. The number of anilines is 3. The van der Waals surface area contributed by atoms with Crippen LogP contribution in [-0.2, 0) is 15.8 Å². The molecule has 2 amide bonds. The van der Waals surface area contributed by atoms with Crippen molar-refractivity contribution in [2.24, 2.45) is 5.92 Å². The fourth-order valence-electron chi connectivity index (χ4n) is 4.27. The summed E-state index contributed by atoms with van der Waals surface area (Å²) in [5.74, 6) is -1.54. The van der Waals surface area contributed by atoms with E-state index < -0.39 is 23.6 Å². The van der Waals surface area contributed by atoms with E-state index in [0.717, 1.165) is 24.1 Å². The molecule has 0 spiro atoms. The summed E-state index contributed by atoms with van der Waals surface area (Å²) in [4.78, 5) is 32.0. The second-order valence-corrected chi connectivity index (χ2v) is 9.49. The summed E-state index contributed by atoms with van der Waals surface area (Å²) >= 11 is 1.58. The van der Waals surface area contributed by atoms with E-state index >= 15 is 0 Å². The number of thioether (sulfide) groups is 1. The number of likely N-dealkylation sites (N-methyl/N-ethyl adjacent to an activating group) is 1. The van der Waals surface area contributed by atoms with E-state index in [4.69, 9.17) is 0 Å². The Kier molecular flexibility index (Phi) is 7.09. The van der Waals surface area contributed by atoms with Crippen molar-refractivity contribution < 1.29 is 22.8 Å². The lowest BCUT2D eigenvalue weighted by molar-refractivity contribution is -0.137. The molecule has 1 N–H and O–H groups in total. The molecule has 2 aliphatic rings. The molecule has 1 unspecified atom stereocenters. The predicted molar refractivity (Wildman–Crippen MR) is 128 cm³/mol. The van der Waals surface area contributed by atoms with Gasteiger partial charge < -0.3 is 20.0 Å². The minimum Gasteiger partial charge on any atom is -0.369 e. The molecule has 0 aliphatic carbocycles. The minimum atomic E-state index is -4.62. The van der Waals surface area contributed by atoms with E-state index in [1.807, 2.05) is 42.5 Å². The molecule has 0 aromatic heterocycles. The monoisotopic (exact) mass is 492 g/mol. The average molecular weight is 493 g/mol. The first-order chi connectivity index (χ1) is 16.2. The molecular formula is C24H27F3N4O2S. The van der Waals surface area contributed by atoms with Crippen LogP contribution in [0.4, 0.5) is 30.2 Å². The Morgan fingerprint density at radius 3 is 2.29 bits per heavy atom. The number of hydrogen-bond acceptors (Lipinski definition) is 5. The zero-order valence-corrected chi connectivity index (χ0v) is 19.9. The van der Waals surface area contributed by atoms with Gasteiger partial charge in [-0.15, -0.1) is 11.8 Å². The number of carbonyl (C=O) groups excluding carboxylic acids is 2. The third kappa shape index (κ3) is 5.33. The van der Waals surface area contributed by atoms with Gasteiger partial charge in [0.1, 0.15) is 0 Å². The standard InChI is InChI=1S/C24H27F3N4O2S/c1-29-9-11-30(12-10-29)18-5-8-21(20(14-18)24(25,26)27)28-23(33)16-13-22(32)31(15-16)17-3-6-19(34-2)7-4-17/h3-8,14,16H,9-13,15H2,1-2H3,(H,28,33). The maximum Gasteiger partial charge on any atom is 0.418 e. The van der Waals surface area contributed by atoms with Gasteiger partial charge in [-0.1, -0.05) is 0 Å². The largest absolute Gasteiger partial charge is 0.418 e. The molecule has 6 nitrogen and oxygen atoms in total. The first kappa shape index (κ1) is 24.4. The van der Waals surface area contributed by atoms with Crippen molar-refractivity contribution >= 4 is 40.6 Å². The second kappa shape index (κ2) is 9.87. The molecule has 2 fully saturated rings. The summed E-state index contributed by atoms with van der Waals surface area (Å²) in [6, 6.07) is 11.4. The van der Waals surface area contributed by atoms with E-state index in [9.17, 15) is 22.8 Å². The topological polar surface area (TPSA) is 55.9 Å². The van der Waals surface area contributed by atoms with Gasteiger partial charge in [0.2, 0.25) is 11.8 Å². The first-order valence-corrected chi connectivity index (χ1v) is 12.3. The van der Waals surface area contributed by atoms with E-state index in [-0.39, 0.29) is 24.6 Å². The number of amides is 2. The predicted octanol–water partition coefficient (Wildman–Crippen LogP) is 4.17. The SMILES string of the molecule is CSc1ccc(N2CC(C(=O)Nc3ccc(N4CCN(C)CC4)cc3C(F)(F)F)CC2=O)cc1. The normalized spacial score (nSPS) is 19.6. The van der Waals surface area contributed by atoms with E-state index in [0.29, 0.717) is 24.5 Å². The van der Waals surface area contributed by atoms with Gasteiger partial charge in [-0.3, -0.25) is 9.59 Å². The van der Waals surface area contributed by atoms with Crippen molar-refractivity contribution in [3.8, 4) is 0 Å². The molecular weight excluding hydrogens is 465 g/mol. The van der Waals surface area contributed by atoms with Crippen molar-refractivity contribution in [3.63, 3.8) is 0 Å². The summed E-state index contributed by atoms with van der Waals surface area (Å²) in [7, 11) is 1.98. The van der Waals surface area contributed by atoms with Crippen LogP contribution in [0.2, 0.25) is 0 Å². The number of alkyl halides is 3. The summed E-state index contributed by atoms with van der Waals surface area (Å²) in [5.41, 5.74) is -0.0170. The Morgan fingerprint density at radius 2 is 1.68 bits per heavy atom. The van der Waals surface area contributed by atoms with Crippen LogP contribution in [0.5, 0.6) is 0 Å². The molecule has 4 rings (SSSR count). The molecule has 0 bridgehead atoms. The number of rotatable bonds is 5. The minimum absolute atomic E-state index is 0.0448. The van der Waals surface area contributed by atoms with Crippen LogP contribution in [0.1, 0.15) is 12.0 Å². The van der Waals surface area contributed by atoms with Crippen LogP contribution >= 0.6 is 11.8 Å². The van der Waals surface area contributed by atoms with Gasteiger partial charge in [0.05, 0.1) is 17.2 Å². The van der Waals surface area contributed by atoms with Crippen molar-refractivity contribution in [2.45, 2.75) is 17.5 Å². The molecule has 10 heteroatoms. The van der Waals surface area contributed by atoms with E-state index in [1.54, 1.807) is 17.8 Å². The van der Waals surface area contributed by atoms with Crippen LogP contribution in [0, 0.1) is 5.92 Å². The number of halogens is 3. The molecule has 2 saturated heterocycles. The smallest absolute Gasteiger partial charge is 0.369 e. The highest BCUT2D eigenvalue weighted by Gasteiger charge is 2.38. The highest BCUT2D eigenvalue weighted by Crippen LogP contribution is 2.38. The molecule has 0 radical (unpaired) electrons. The second-order valence-electron chi connectivity index (χ2n) is 8.61. The Balaban J connectivity index is 1.49. The molecule has 182 valence electrons. The van der Waals surface area contributed by atoms with Gasteiger partial charge in [0.25, 0.3) is 0 Å². The molecule has 34 heavy (non-hydrogen) atoms. The fourth-order valence-corrected chi connectivity index (χ4v) is 4.68. The van der Waals surface area contributed by atoms with Crippen molar-refractivity contribution in [3.05, 3.63) is 48.0 Å². The molecule has 1 atom stereocenters. The van der Waals surface area contributed by atoms with Gasteiger partial charge >= 0.3 is 6.18 Å². The summed E-state index contributed by atoms with van der Waals surface area (Å²) in [5, 5.41) is 2.44. The molecule has 2 heterocycles. The van der Waals surface area contributed by atoms with Crippen molar-refractivity contribution in [2.75, 3.05) is 61.1 Å². The number of carbonyl (C=O) groups is 2. The summed E-state index contributed by atoms with van der Waals surface area (Å²) in [6.45, 7) is 2.94. The van der Waals surface area contributed by atoms with Gasteiger partial charge in [0.15, 0.2) is 0 Å². The van der Waals surface area contributed by atoms with Gasteiger partial charge in [-0.2, -0.15) is 13.2 Å². The number of piperazine rings is 1. The third-order valence-corrected chi connectivity index (χ3v) is 7.06. The Labute approximate surface area is 201 Å². The quantitative estimate of drug-likeness (QED) is 0.635. The lowest BCUT2D eigenvalue weighted by Gasteiger charge is -2.34. The Morgan fingerprint density at radius 1 is 1.03 bits per heavy atom. The van der Waals surface area contributed by atoms with Crippen LogP contribution < -0.4 is 15.1 Å². The number of nitrogens with one attached hydrogen (secondary N) is 1. The van der Waals surface area contributed by atoms with E-state index in [1.165, 1.54) is 11.0 Å². The molecule has 0 saturated carbocycles. The molecule has 2 aliphatic heterocycles. The van der Waals surface area contributed by atoms with Crippen LogP contribution in [0.15, 0.2) is 47.4 Å². The highest BCUT2D eigenvalue weighted by atomic mass is 32.2. The van der Waals surface area contributed by atoms with Gasteiger partial charge in [0, 0.05) is 55.4 Å². The zero-order valence-electron chi connectivity index (χ0n) is 19.1. The van der Waals surface area contributed by atoms with E-state index in [2.05, 4.69) is 10.2 Å². The summed E-state index contributed by atoms with van der Waals surface area (Å²) in [6.07, 6.45) is -2.72. The zero-order chi connectivity index (χ0) is 24.5. The molecule has 2 aromatic carbocycles. The van der Waals surface area contributed by atoms with Crippen molar-refractivity contribution in [1.29, 1.82) is 0 Å². The van der Waals surface area contributed by atoms with Gasteiger partial charge in [-0.05, 0) is 55.8 Å². The Hall–Kier alpha value is -2.72. The van der Waals surface area contributed by atoms with Crippen LogP contribution in [-0.4, -0.2) is 62.7 Å². The maximum absolute atomic E-state index is 13.9. The summed E-state index contributed by atoms with van der Waals surface area (Å²) < 4.78 is 41.6. The number of nitrogens with zero attached hydrogens (tertiary/aromatic N) is 3. The van der Waals surface area contributed by atoms with Crippen LogP contribution in [0.3, 0.4) is 0 Å². The number of hydrogen-bond donors (Lipinski definition) is 1.